The topological polar surface area (TPSA) is 55.8 Å². The lowest BCUT2D eigenvalue weighted by molar-refractivity contribution is -0.179. The van der Waals surface area contributed by atoms with E-state index in [1.165, 1.54) is 6.92 Å². The minimum Gasteiger partial charge on any atom is -0.512 e. The molecule has 2 aliphatic rings. The molecule has 1 saturated carbocycles. The van der Waals surface area contributed by atoms with Gasteiger partial charge in [0.05, 0.1) is 19.0 Å². The molecular formula is C11H16O4. The van der Waals surface area contributed by atoms with Crippen molar-refractivity contribution in [1.29, 1.82) is 0 Å². The molecule has 0 amide bonds. The van der Waals surface area contributed by atoms with E-state index in [2.05, 4.69) is 0 Å². The minimum atomic E-state index is -0.660. The van der Waals surface area contributed by atoms with E-state index < -0.39 is 5.79 Å². The van der Waals surface area contributed by atoms with E-state index in [0.29, 0.717) is 31.6 Å². The molecule has 0 aromatic carbocycles. The fraction of sp³-hybridized carbons (Fsp3) is 0.727. The van der Waals surface area contributed by atoms with Crippen LogP contribution in [-0.4, -0.2) is 29.9 Å². The maximum atomic E-state index is 11.8. The highest BCUT2D eigenvalue weighted by molar-refractivity contribution is 5.98. The van der Waals surface area contributed by atoms with E-state index >= 15 is 0 Å². The number of carbonyl (C=O) groups excluding carboxylic acids is 1. The number of allylic oxidation sites excluding steroid dienone is 1. The van der Waals surface area contributed by atoms with Gasteiger partial charge in [-0.05, 0) is 6.92 Å². The summed E-state index contributed by atoms with van der Waals surface area (Å²) in [5.41, 5.74) is 0.454. The van der Waals surface area contributed by atoms with E-state index in [0.717, 1.165) is 0 Å². The number of ether oxygens (including phenoxy) is 2. The van der Waals surface area contributed by atoms with Gasteiger partial charge in [0.1, 0.15) is 0 Å². The van der Waals surface area contributed by atoms with Gasteiger partial charge in [-0.1, -0.05) is 6.92 Å². The summed E-state index contributed by atoms with van der Waals surface area (Å²) >= 11 is 0. The van der Waals surface area contributed by atoms with Gasteiger partial charge < -0.3 is 14.6 Å². The first-order valence-electron chi connectivity index (χ1n) is 5.25. The number of Topliss-reactive ketones (excluding diaryl/α,β-unsaturated/α-hetero) is 1. The number of hydrogen-bond acceptors (Lipinski definition) is 4. The molecule has 1 heterocycles. The summed E-state index contributed by atoms with van der Waals surface area (Å²) in [5.74, 6) is -0.703. The van der Waals surface area contributed by atoms with Crippen molar-refractivity contribution in [1.82, 2.24) is 0 Å². The van der Waals surface area contributed by atoms with Gasteiger partial charge in [-0.2, -0.15) is 0 Å². The largest absolute Gasteiger partial charge is 0.512 e. The molecule has 0 radical (unpaired) electrons. The second-order valence-electron chi connectivity index (χ2n) is 4.32. The molecule has 0 aromatic rings. The molecule has 1 N–H and O–H groups in total. The predicted octanol–water partition coefficient (Wildman–Crippen LogP) is 1.56. The zero-order chi connectivity index (χ0) is 11.1. The number of carbonyl (C=O) groups is 1. The van der Waals surface area contributed by atoms with Gasteiger partial charge in [0.15, 0.2) is 11.6 Å². The smallest absolute Gasteiger partial charge is 0.173 e. The molecule has 4 heteroatoms. The third-order valence-corrected chi connectivity index (χ3v) is 3.06. The first-order valence-corrected chi connectivity index (χ1v) is 5.25. The van der Waals surface area contributed by atoms with Crippen LogP contribution in [0.5, 0.6) is 0 Å². The van der Waals surface area contributed by atoms with E-state index in [4.69, 9.17) is 9.47 Å². The second-order valence-corrected chi connectivity index (χ2v) is 4.32. The van der Waals surface area contributed by atoms with Crippen molar-refractivity contribution in [2.24, 2.45) is 5.92 Å². The average Bonchev–Trinajstić information content (AvgIpc) is 2.60. The lowest BCUT2D eigenvalue weighted by atomic mass is 9.80. The second kappa shape index (κ2) is 3.61. The highest BCUT2D eigenvalue weighted by atomic mass is 16.7. The van der Waals surface area contributed by atoms with E-state index in [1.54, 1.807) is 0 Å². The molecule has 1 unspecified atom stereocenters. The molecular weight excluding hydrogens is 196 g/mol. The van der Waals surface area contributed by atoms with Crippen LogP contribution in [0.25, 0.3) is 0 Å². The van der Waals surface area contributed by atoms with Gasteiger partial charge in [-0.15, -0.1) is 0 Å². The van der Waals surface area contributed by atoms with Crippen LogP contribution in [0.15, 0.2) is 11.3 Å². The molecule has 1 atom stereocenters. The van der Waals surface area contributed by atoms with Crippen molar-refractivity contribution < 1.29 is 19.4 Å². The third kappa shape index (κ3) is 1.79. The van der Waals surface area contributed by atoms with Gasteiger partial charge in [0.2, 0.25) is 0 Å². The Morgan fingerprint density at radius 1 is 1.47 bits per heavy atom. The summed E-state index contributed by atoms with van der Waals surface area (Å²) in [6.45, 7) is 4.52. The summed E-state index contributed by atoms with van der Waals surface area (Å²) in [6, 6.07) is 0. The zero-order valence-corrected chi connectivity index (χ0v) is 9.08. The SMILES string of the molecule is C/C(O)=C1\CC2(CC(C)C1=O)OCCO2. The quantitative estimate of drug-likeness (QED) is 0.489. The van der Waals surface area contributed by atoms with Crippen molar-refractivity contribution >= 4 is 5.78 Å². The summed E-state index contributed by atoms with van der Waals surface area (Å²) in [6.07, 6.45) is 0.959. The Labute approximate surface area is 88.9 Å². The van der Waals surface area contributed by atoms with E-state index in [9.17, 15) is 9.90 Å². The van der Waals surface area contributed by atoms with Crippen LogP contribution in [0.3, 0.4) is 0 Å². The van der Waals surface area contributed by atoms with Gasteiger partial charge >= 0.3 is 0 Å². The fourth-order valence-corrected chi connectivity index (χ4v) is 2.31. The Balaban J connectivity index is 2.28. The normalized spacial score (nSPS) is 33.5. The number of aliphatic hydroxyl groups excluding tert-OH is 1. The predicted molar refractivity (Wildman–Crippen MR) is 53.4 cm³/mol. The molecule has 0 aromatic heterocycles. The van der Waals surface area contributed by atoms with Crippen molar-refractivity contribution in [2.75, 3.05) is 13.2 Å². The highest BCUT2D eigenvalue weighted by Gasteiger charge is 2.46. The van der Waals surface area contributed by atoms with Crippen LogP contribution in [0.1, 0.15) is 26.7 Å². The summed E-state index contributed by atoms with van der Waals surface area (Å²) in [5, 5.41) is 9.46. The van der Waals surface area contributed by atoms with Crippen molar-refractivity contribution in [3.05, 3.63) is 11.3 Å². The molecule has 1 spiro atoms. The van der Waals surface area contributed by atoms with E-state index in [1.807, 2.05) is 6.92 Å². The molecule has 1 aliphatic heterocycles. The van der Waals surface area contributed by atoms with Gasteiger partial charge in [-0.3, -0.25) is 4.79 Å². The van der Waals surface area contributed by atoms with Gasteiger partial charge in [0, 0.05) is 24.3 Å². The molecule has 2 fully saturated rings. The molecule has 0 bridgehead atoms. The Hall–Kier alpha value is -0.870. The monoisotopic (exact) mass is 212 g/mol. The summed E-state index contributed by atoms with van der Waals surface area (Å²) in [7, 11) is 0. The summed E-state index contributed by atoms with van der Waals surface area (Å²) < 4.78 is 11.1. The number of rotatable bonds is 0. The van der Waals surface area contributed by atoms with Crippen LogP contribution in [0.4, 0.5) is 0 Å². The molecule has 15 heavy (non-hydrogen) atoms. The third-order valence-electron chi connectivity index (χ3n) is 3.06. The Kier molecular flexibility index (Phi) is 2.56. The zero-order valence-electron chi connectivity index (χ0n) is 9.08. The molecule has 4 nitrogen and oxygen atoms in total. The molecule has 84 valence electrons. The van der Waals surface area contributed by atoms with Crippen molar-refractivity contribution in [3.63, 3.8) is 0 Å². The fourth-order valence-electron chi connectivity index (χ4n) is 2.31. The average molecular weight is 212 g/mol. The van der Waals surface area contributed by atoms with E-state index in [-0.39, 0.29) is 17.5 Å². The number of aliphatic hydroxyl groups is 1. The Bertz CT molecular complexity index is 309. The lowest BCUT2D eigenvalue weighted by Gasteiger charge is -2.35. The molecule has 1 saturated heterocycles. The molecule has 2 rings (SSSR count). The maximum absolute atomic E-state index is 11.8. The Morgan fingerprint density at radius 3 is 2.60 bits per heavy atom. The minimum absolute atomic E-state index is 0.0136. The van der Waals surface area contributed by atoms with Crippen molar-refractivity contribution in [2.45, 2.75) is 32.5 Å². The number of hydrogen-bond donors (Lipinski definition) is 1. The number of ketones is 1. The van der Waals surface area contributed by atoms with Crippen LogP contribution in [0.2, 0.25) is 0 Å². The van der Waals surface area contributed by atoms with Gasteiger partial charge in [-0.25, -0.2) is 0 Å². The lowest BCUT2D eigenvalue weighted by Crippen LogP contribution is -2.41. The standard InChI is InChI=1S/C11H16O4/c1-7-5-11(14-3-4-15-11)6-9(8(2)12)10(7)13/h7,12H,3-6H2,1-2H3/b9-8-. The Morgan fingerprint density at radius 2 is 2.07 bits per heavy atom. The van der Waals surface area contributed by atoms with Crippen LogP contribution in [-0.2, 0) is 14.3 Å². The van der Waals surface area contributed by atoms with Crippen LogP contribution in [0, 0.1) is 5.92 Å². The first-order chi connectivity index (χ1) is 7.04. The van der Waals surface area contributed by atoms with Gasteiger partial charge in [0.25, 0.3) is 0 Å². The van der Waals surface area contributed by atoms with Crippen LogP contribution >= 0.6 is 0 Å². The van der Waals surface area contributed by atoms with Crippen LogP contribution < -0.4 is 0 Å². The maximum Gasteiger partial charge on any atom is 0.173 e. The highest BCUT2D eigenvalue weighted by Crippen LogP contribution is 2.40. The van der Waals surface area contributed by atoms with Crippen molar-refractivity contribution in [3.8, 4) is 0 Å². The summed E-state index contributed by atoms with van der Waals surface area (Å²) in [4.78, 5) is 11.8. The molecule has 1 aliphatic carbocycles. The first kappa shape index (κ1) is 10.6.